The first-order valence-corrected chi connectivity index (χ1v) is 2.90. The number of carboxylic acids is 1. The average molecular weight is 200 g/mol. The molecule has 0 aliphatic carbocycles. The highest BCUT2D eigenvalue weighted by Crippen LogP contribution is 1.67. The summed E-state index contributed by atoms with van der Waals surface area (Å²) in [7, 11) is 1.31. The van der Waals surface area contributed by atoms with Crippen molar-refractivity contribution < 1.29 is 24.2 Å². The number of aliphatic carboxylic acids is 1. The van der Waals surface area contributed by atoms with Crippen LogP contribution in [0.1, 0.15) is 6.92 Å². The van der Waals surface area contributed by atoms with Gasteiger partial charge in [-0.1, -0.05) is 6.58 Å². The Balaban J connectivity index is -0.000000143. The predicted octanol–water partition coefficient (Wildman–Crippen LogP) is -0.911. The normalized spacial score (nSPS) is 6.62. The molecule has 1 N–H and O–H groups in total. The minimum atomic E-state index is -1.38. The van der Waals surface area contributed by atoms with E-state index in [-0.39, 0.29) is 23.1 Å². The summed E-state index contributed by atoms with van der Waals surface area (Å²) in [4.78, 5) is 28.7. The maximum absolute atomic E-state index is 9.84. The molecule has 72 valence electrons. The van der Waals surface area contributed by atoms with Crippen LogP contribution >= 0.6 is 0 Å². The quantitative estimate of drug-likeness (QED) is 0.270. The fourth-order valence-corrected chi connectivity index (χ4v) is 0.0833. The van der Waals surface area contributed by atoms with Crippen molar-refractivity contribution >= 4 is 40.8 Å². The van der Waals surface area contributed by atoms with Crippen LogP contribution in [0.4, 0.5) is 0 Å². The molecule has 0 fully saturated rings. The molecule has 0 aromatic rings. The largest absolute Gasteiger partial charge is 0.476 e. The molecule has 0 spiro atoms. The number of Topliss-reactive ketones (excluding diaryl/α,β-unsaturated/α-hetero) is 1. The molecule has 0 rings (SSSR count). The van der Waals surface area contributed by atoms with Crippen molar-refractivity contribution in [2.24, 2.45) is 0 Å². The van der Waals surface area contributed by atoms with Gasteiger partial charge in [0.1, 0.15) is 0 Å². The molecule has 0 saturated carbocycles. The molecule has 0 radical (unpaired) electrons. The molecule has 0 heterocycles. The zero-order chi connectivity index (χ0) is 10.1. The Bertz CT molecular complexity index is 184. The lowest BCUT2D eigenvalue weighted by Crippen LogP contribution is -2.05. The minimum Gasteiger partial charge on any atom is -0.476 e. The third-order valence-electron chi connectivity index (χ3n) is 0.669. The number of ether oxygens (including phenoxy) is 1. The SMILES string of the molecule is C=CC(=O)OC.CC(=O)C(=O)O.[MgH2]. The topological polar surface area (TPSA) is 80.7 Å². The molecular weight excluding hydrogens is 188 g/mol. The van der Waals surface area contributed by atoms with Gasteiger partial charge in [0.15, 0.2) is 0 Å². The van der Waals surface area contributed by atoms with Crippen molar-refractivity contribution in [3.63, 3.8) is 0 Å². The summed E-state index contributed by atoms with van der Waals surface area (Å²) in [6.07, 6.45) is 1.11. The van der Waals surface area contributed by atoms with E-state index in [1.54, 1.807) is 0 Å². The summed E-state index contributed by atoms with van der Waals surface area (Å²) in [5, 5.41) is 7.64. The molecule has 13 heavy (non-hydrogen) atoms. The number of methoxy groups -OCH3 is 1. The second kappa shape index (κ2) is 11.1. The third-order valence-corrected chi connectivity index (χ3v) is 0.669. The van der Waals surface area contributed by atoms with Crippen molar-refractivity contribution in [2.75, 3.05) is 7.11 Å². The van der Waals surface area contributed by atoms with Gasteiger partial charge in [-0.2, -0.15) is 0 Å². The molecule has 0 unspecified atom stereocenters. The summed E-state index contributed by atoms with van der Waals surface area (Å²) in [5.74, 6) is -2.60. The van der Waals surface area contributed by atoms with Crippen LogP contribution in [0.5, 0.6) is 0 Å². The van der Waals surface area contributed by atoms with Gasteiger partial charge in [0.25, 0.3) is 0 Å². The number of ketones is 1. The summed E-state index contributed by atoms with van der Waals surface area (Å²) in [5.41, 5.74) is 0. The second-order valence-corrected chi connectivity index (χ2v) is 1.59. The lowest BCUT2D eigenvalue weighted by molar-refractivity contribution is -0.148. The van der Waals surface area contributed by atoms with Crippen LogP contribution in [-0.4, -0.2) is 53.0 Å². The third kappa shape index (κ3) is 18.2. The van der Waals surface area contributed by atoms with Crippen molar-refractivity contribution in [1.82, 2.24) is 0 Å². The highest BCUT2D eigenvalue weighted by molar-refractivity contribution is 6.31. The Kier molecular flexibility index (Phi) is 15.4. The summed E-state index contributed by atoms with van der Waals surface area (Å²) in [6, 6.07) is 0. The molecule has 0 aliphatic heterocycles. The first-order chi connectivity index (χ1) is 5.45. The molecule has 0 saturated heterocycles. The maximum atomic E-state index is 9.84. The second-order valence-electron chi connectivity index (χ2n) is 1.59. The lowest BCUT2D eigenvalue weighted by atomic mass is 10.5. The van der Waals surface area contributed by atoms with Crippen LogP contribution in [0.3, 0.4) is 0 Å². The fourth-order valence-electron chi connectivity index (χ4n) is 0.0833. The standard InChI is InChI=1S/C4H6O2.C3H4O3.Mg.2H/c1-3-4(5)6-2;1-2(4)3(5)6;;;/h3H,1H2,2H3;1H3,(H,5,6);;;. The van der Waals surface area contributed by atoms with Gasteiger partial charge in [-0.25, -0.2) is 9.59 Å². The highest BCUT2D eigenvalue weighted by Gasteiger charge is 1.98. The minimum absolute atomic E-state index is 0. The zero-order valence-electron chi connectivity index (χ0n) is 6.86. The number of carbonyl (C=O) groups is 3. The van der Waals surface area contributed by atoms with Gasteiger partial charge in [-0.3, -0.25) is 4.79 Å². The molecule has 0 aliphatic rings. The van der Waals surface area contributed by atoms with Crippen LogP contribution < -0.4 is 0 Å². The number of rotatable bonds is 2. The number of esters is 1. The van der Waals surface area contributed by atoms with Gasteiger partial charge in [0.05, 0.1) is 7.11 Å². The van der Waals surface area contributed by atoms with Gasteiger partial charge in [-0.05, 0) is 0 Å². The molecule has 0 bridgehead atoms. The van der Waals surface area contributed by atoms with Crippen LogP contribution in [0.25, 0.3) is 0 Å². The number of hydrogen-bond acceptors (Lipinski definition) is 4. The predicted molar refractivity (Wildman–Crippen MR) is 49.1 cm³/mol. The number of carbonyl (C=O) groups excluding carboxylic acids is 2. The molecule has 0 aromatic carbocycles. The van der Waals surface area contributed by atoms with E-state index < -0.39 is 17.7 Å². The monoisotopic (exact) mass is 200 g/mol. The molecule has 5 nitrogen and oxygen atoms in total. The number of carboxylic acid groups (broad SMARTS) is 1. The van der Waals surface area contributed by atoms with Crippen LogP contribution in [-0.2, 0) is 19.1 Å². The fraction of sp³-hybridized carbons (Fsp3) is 0.286. The van der Waals surface area contributed by atoms with Crippen LogP contribution in [0.2, 0.25) is 0 Å². The van der Waals surface area contributed by atoms with E-state index in [1.165, 1.54) is 7.11 Å². The molecule has 0 amide bonds. The van der Waals surface area contributed by atoms with E-state index >= 15 is 0 Å². The Hall–Kier alpha value is -0.884. The molecule has 0 aromatic heterocycles. The van der Waals surface area contributed by atoms with E-state index in [4.69, 9.17) is 5.11 Å². The highest BCUT2D eigenvalue weighted by atomic mass is 24.3. The first-order valence-electron chi connectivity index (χ1n) is 2.90. The van der Waals surface area contributed by atoms with Gasteiger partial charge in [-0.15, -0.1) is 0 Å². The summed E-state index contributed by atoms with van der Waals surface area (Å²) in [6.45, 7) is 4.16. The van der Waals surface area contributed by atoms with Crippen molar-refractivity contribution in [3.05, 3.63) is 12.7 Å². The van der Waals surface area contributed by atoms with E-state index in [0.717, 1.165) is 13.0 Å². The number of hydrogen-bond donors (Lipinski definition) is 1. The lowest BCUT2D eigenvalue weighted by Gasteiger charge is -1.83. The Labute approximate surface area is 91.9 Å². The van der Waals surface area contributed by atoms with Gasteiger partial charge in [0.2, 0.25) is 5.78 Å². The molecule has 6 heteroatoms. The van der Waals surface area contributed by atoms with E-state index in [0.29, 0.717) is 0 Å². The Morgan fingerprint density at radius 3 is 1.69 bits per heavy atom. The zero-order valence-corrected chi connectivity index (χ0v) is 6.86. The van der Waals surface area contributed by atoms with Crippen molar-refractivity contribution in [1.29, 1.82) is 0 Å². The smallest absolute Gasteiger partial charge is 0.371 e. The average Bonchev–Trinajstić information content (AvgIpc) is 2.04. The summed E-state index contributed by atoms with van der Waals surface area (Å²) >= 11 is 0. The van der Waals surface area contributed by atoms with Crippen LogP contribution in [0, 0.1) is 0 Å². The Morgan fingerprint density at radius 1 is 1.38 bits per heavy atom. The van der Waals surface area contributed by atoms with E-state index in [2.05, 4.69) is 11.3 Å². The molecule has 0 atom stereocenters. The van der Waals surface area contributed by atoms with Gasteiger partial charge >= 0.3 is 35.0 Å². The maximum Gasteiger partial charge on any atom is 0.371 e. The first kappa shape index (κ1) is 18.0. The Morgan fingerprint density at radius 2 is 1.69 bits per heavy atom. The van der Waals surface area contributed by atoms with Gasteiger partial charge in [0, 0.05) is 13.0 Å². The van der Waals surface area contributed by atoms with Crippen molar-refractivity contribution in [2.45, 2.75) is 6.92 Å². The summed E-state index contributed by atoms with van der Waals surface area (Å²) < 4.78 is 4.14. The van der Waals surface area contributed by atoms with Gasteiger partial charge < -0.3 is 9.84 Å². The van der Waals surface area contributed by atoms with Crippen LogP contribution in [0.15, 0.2) is 12.7 Å². The van der Waals surface area contributed by atoms with E-state index in [1.807, 2.05) is 0 Å². The van der Waals surface area contributed by atoms with E-state index in [9.17, 15) is 14.4 Å². The van der Waals surface area contributed by atoms with Crippen molar-refractivity contribution in [3.8, 4) is 0 Å². The molecular formula is C7H12MgO5.